The third-order valence-corrected chi connectivity index (χ3v) is 3.30. The predicted octanol–water partition coefficient (Wildman–Crippen LogP) is 4.08. The molecular weight excluding hydrogens is 268 g/mol. The van der Waals surface area contributed by atoms with E-state index >= 15 is 0 Å². The van der Waals surface area contributed by atoms with Crippen LogP contribution in [0.15, 0.2) is 47.4 Å². The van der Waals surface area contributed by atoms with E-state index in [-0.39, 0.29) is 0 Å². The molecule has 2 aromatic carbocycles. The van der Waals surface area contributed by atoms with Gasteiger partial charge in [-0.05, 0) is 17.7 Å². The van der Waals surface area contributed by atoms with Crippen molar-refractivity contribution in [2.24, 2.45) is 0 Å². The van der Waals surface area contributed by atoms with Gasteiger partial charge in [0.25, 0.3) is 0 Å². The summed E-state index contributed by atoms with van der Waals surface area (Å²) in [6, 6.07) is 12.7. The first-order valence-electron chi connectivity index (χ1n) is 5.30. The van der Waals surface area contributed by atoms with E-state index in [1.807, 2.05) is 30.3 Å². The van der Waals surface area contributed by atoms with Crippen molar-refractivity contribution >= 4 is 30.2 Å². The van der Waals surface area contributed by atoms with Gasteiger partial charge < -0.3 is 4.74 Å². The maximum atomic E-state index is 11.8. The maximum Gasteiger partial charge on any atom is 0.339 e. The summed E-state index contributed by atoms with van der Waals surface area (Å²) < 4.78 is 4.79. The number of hydrogen-bond donors (Lipinski definition) is 1. The van der Waals surface area contributed by atoms with Gasteiger partial charge in [0.2, 0.25) is 0 Å². The molecule has 18 heavy (non-hydrogen) atoms. The number of methoxy groups -OCH3 is 1. The van der Waals surface area contributed by atoms with E-state index in [1.54, 1.807) is 12.1 Å². The third-order valence-electron chi connectivity index (χ3n) is 2.60. The van der Waals surface area contributed by atoms with Gasteiger partial charge in [-0.15, -0.1) is 12.6 Å². The van der Waals surface area contributed by atoms with E-state index in [2.05, 4.69) is 12.6 Å². The van der Waals surface area contributed by atoms with Gasteiger partial charge in [0.1, 0.15) is 0 Å². The van der Waals surface area contributed by atoms with Crippen LogP contribution in [0.1, 0.15) is 10.4 Å². The van der Waals surface area contributed by atoms with Gasteiger partial charge in [-0.25, -0.2) is 4.79 Å². The van der Waals surface area contributed by atoms with Crippen LogP contribution in [-0.2, 0) is 4.74 Å². The standard InChI is InChI=1S/C14H11ClO2S/c1-17-14(16)13-10(6-4-8-12(13)18)9-5-2-3-7-11(9)15/h2-8,18H,1H3. The second-order valence-corrected chi connectivity index (χ2v) is 4.56. The van der Waals surface area contributed by atoms with Crippen molar-refractivity contribution in [1.29, 1.82) is 0 Å². The maximum absolute atomic E-state index is 11.8. The number of carbonyl (C=O) groups is 1. The monoisotopic (exact) mass is 278 g/mol. The number of thiol groups is 1. The van der Waals surface area contributed by atoms with E-state index in [0.29, 0.717) is 15.5 Å². The molecule has 92 valence electrons. The molecule has 0 aromatic heterocycles. The van der Waals surface area contributed by atoms with Crippen molar-refractivity contribution in [3.05, 3.63) is 53.1 Å². The largest absolute Gasteiger partial charge is 0.465 e. The Morgan fingerprint density at radius 1 is 1.11 bits per heavy atom. The van der Waals surface area contributed by atoms with E-state index < -0.39 is 5.97 Å². The Hall–Kier alpha value is -1.45. The molecule has 0 radical (unpaired) electrons. The fourth-order valence-corrected chi connectivity index (χ4v) is 2.30. The number of halogens is 1. The summed E-state index contributed by atoms with van der Waals surface area (Å²) in [7, 11) is 1.35. The van der Waals surface area contributed by atoms with Crippen LogP contribution in [0.2, 0.25) is 5.02 Å². The van der Waals surface area contributed by atoms with Gasteiger partial charge in [0, 0.05) is 15.5 Å². The van der Waals surface area contributed by atoms with Gasteiger partial charge in [0.15, 0.2) is 0 Å². The fourth-order valence-electron chi connectivity index (χ4n) is 1.76. The van der Waals surface area contributed by atoms with Crippen molar-refractivity contribution in [2.75, 3.05) is 7.11 Å². The zero-order chi connectivity index (χ0) is 13.1. The van der Waals surface area contributed by atoms with Gasteiger partial charge in [-0.1, -0.05) is 41.9 Å². The molecule has 0 fully saturated rings. The van der Waals surface area contributed by atoms with Crippen LogP contribution in [0.25, 0.3) is 11.1 Å². The Morgan fingerprint density at radius 2 is 1.78 bits per heavy atom. The fraction of sp³-hybridized carbons (Fsp3) is 0.0714. The van der Waals surface area contributed by atoms with E-state index in [9.17, 15) is 4.79 Å². The van der Waals surface area contributed by atoms with Crippen LogP contribution >= 0.6 is 24.2 Å². The SMILES string of the molecule is COC(=O)c1c(S)cccc1-c1ccccc1Cl. The lowest BCUT2D eigenvalue weighted by Gasteiger charge is -2.11. The minimum Gasteiger partial charge on any atom is -0.465 e. The Balaban J connectivity index is 2.69. The Kier molecular flexibility index (Phi) is 3.94. The highest BCUT2D eigenvalue weighted by Gasteiger charge is 2.17. The third kappa shape index (κ3) is 2.37. The lowest BCUT2D eigenvalue weighted by molar-refractivity contribution is 0.0598. The number of esters is 1. The lowest BCUT2D eigenvalue weighted by atomic mass is 9.99. The van der Waals surface area contributed by atoms with Gasteiger partial charge in [-0.3, -0.25) is 0 Å². The van der Waals surface area contributed by atoms with Crippen molar-refractivity contribution < 1.29 is 9.53 Å². The van der Waals surface area contributed by atoms with E-state index in [0.717, 1.165) is 11.1 Å². The molecule has 0 aliphatic carbocycles. The van der Waals surface area contributed by atoms with Crippen LogP contribution < -0.4 is 0 Å². The van der Waals surface area contributed by atoms with E-state index in [4.69, 9.17) is 16.3 Å². The van der Waals surface area contributed by atoms with Gasteiger partial charge in [0.05, 0.1) is 12.7 Å². The highest BCUT2D eigenvalue weighted by molar-refractivity contribution is 7.80. The summed E-state index contributed by atoms with van der Waals surface area (Å²) in [6.07, 6.45) is 0. The zero-order valence-electron chi connectivity index (χ0n) is 9.68. The molecule has 0 amide bonds. The number of carbonyl (C=O) groups excluding carboxylic acids is 1. The molecule has 0 saturated carbocycles. The molecule has 2 nitrogen and oxygen atoms in total. The predicted molar refractivity (Wildman–Crippen MR) is 75.5 cm³/mol. The summed E-state index contributed by atoms with van der Waals surface area (Å²) in [5.74, 6) is -0.421. The Labute approximate surface area is 116 Å². The Morgan fingerprint density at radius 3 is 2.44 bits per heavy atom. The Bertz CT molecular complexity index is 596. The highest BCUT2D eigenvalue weighted by Crippen LogP contribution is 2.33. The molecular formula is C14H11ClO2S. The normalized spacial score (nSPS) is 10.2. The van der Waals surface area contributed by atoms with E-state index in [1.165, 1.54) is 7.11 Å². The molecule has 0 unspecified atom stereocenters. The second-order valence-electron chi connectivity index (χ2n) is 3.67. The molecule has 0 spiro atoms. The van der Waals surface area contributed by atoms with Crippen LogP contribution in [0, 0.1) is 0 Å². The summed E-state index contributed by atoms with van der Waals surface area (Å²) >= 11 is 10.5. The van der Waals surface area contributed by atoms with Crippen LogP contribution in [0.4, 0.5) is 0 Å². The number of rotatable bonds is 2. The molecule has 0 aliphatic rings. The summed E-state index contributed by atoms with van der Waals surface area (Å²) in [6.45, 7) is 0. The molecule has 4 heteroatoms. The molecule has 2 aromatic rings. The molecule has 0 N–H and O–H groups in total. The number of ether oxygens (including phenoxy) is 1. The quantitative estimate of drug-likeness (QED) is 0.662. The molecule has 0 bridgehead atoms. The molecule has 0 heterocycles. The van der Waals surface area contributed by atoms with Gasteiger partial charge >= 0.3 is 5.97 Å². The molecule has 0 aliphatic heterocycles. The second kappa shape index (κ2) is 5.46. The first-order valence-corrected chi connectivity index (χ1v) is 6.13. The first kappa shape index (κ1) is 13.0. The zero-order valence-corrected chi connectivity index (χ0v) is 11.3. The first-order chi connectivity index (χ1) is 8.65. The summed E-state index contributed by atoms with van der Waals surface area (Å²) in [5, 5.41) is 0.585. The van der Waals surface area contributed by atoms with Crippen LogP contribution in [0.5, 0.6) is 0 Å². The number of hydrogen-bond acceptors (Lipinski definition) is 3. The topological polar surface area (TPSA) is 26.3 Å². The average molecular weight is 279 g/mol. The van der Waals surface area contributed by atoms with Crippen LogP contribution in [-0.4, -0.2) is 13.1 Å². The van der Waals surface area contributed by atoms with Crippen molar-refractivity contribution in [1.82, 2.24) is 0 Å². The molecule has 0 saturated heterocycles. The van der Waals surface area contributed by atoms with Gasteiger partial charge in [-0.2, -0.15) is 0 Å². The average Bonchev–Trinajstić information content (AvgIpc) is 2.38. The number of benzene rings is 2. The smallest absolute Gasteiger partial charge is 0.339 e. The van der Waals surface area contributed by atoms with Crippen molar-refractivity contribution in [2.45, 2.75) is 4.90 Å². The summed E-state index contributed by atoms with van der Waals surface area (Å²) in [4.78, 5) is 12.4. The minimum atomic E-state index is -0.421. The van der Waals surface area contributed by atoms with Crippen molar-refractivity contribution in [3.63, 3.8) is 0 Å². The summed E-state index contributed by atoms with van der Waals surface area (Å²) in [5.41, 5.74) is 1.94. The lowest BCUT2D eigenvalue weighted by Crippen LogP contribution is -2.05. The van der Waals surface area contributed by atoms with Crippen LogP contribution in [0.3, 0.4) is 0 Å². The molecule has 0 atom stereocenters. The molecule has 2 rings (SSSR count). The highest BCUT2D eigenvalue weighted by atomic mass is 35.5. The minimum absolute atomic E-state index is 0.421. The van der Waals surface area contributed by atoms with Crippen molar-refractivity contribution in [3.8, 4) is 11.1 Å².